The van der Waals surface area contributed by atoms with E-state index in [-0.39, 0.29) is 47.9 Å². The van der Waals surface area contributed by atoms with Gasteiger partial charge in [-0.1, -0.05) is 43.0 Å². The van der Waals surface area contributed by atoms with Crippen molar-refractivity contribution in [2.24, 2.45) is 17.0 Å². The molecule has 9 nitrogen and oxygen atoms in total. The van der Waals surface area contributed by atoms with Gasteiger partial charge in [-0.2, -0.15) is 0 Å². The average Bonchev–Trinajstić information content (AvgIpc) is 3.09. The van der Waals surface area contributed by atoms with Gasteiger partial charge in [0, 0.05) is 30.6 Å². The van der Waals surface area contributed by atoms with Crippen molar-refractivity contribution < 1.29 is 19.5 Å². The van der Waals surface area contributed by atoms with Crippen LogP contribution in [0.25, 0.3) is 11.0 Å². The molecule has 6 rings (SSSR count). The molecule has 1 aromatic heterocycles. The molecule has 2 saturated heterocycles. The largest absolute Gasteiger partial charge is 0.481 e. The number of rotatable bonds is 7. The lowest BCUT2D eigenvalue weighted by atomic mass is 9.75. The van der Waals surface area contributed by atoms with Crippen LogP contribution in [0.3, 0.4) is 0 Å². The Morgan fingerprint density at radius 2 is 1.69 bits per heavy atom. The van der Waals surface area contributed by atoms with Gasteiger partial charge in [-0.25, -0.2) is 4.98 Å². The molecule has 4 aliphatic rings. The van der Waals surface area contributed by atoms with Crippen molar-refractivity contribution >= 4 is 22.7 Å². The number of aliphatic carboxylic acids is 1. The summed E-state index contributed by atoms with van der Waals surface area (Å²) in [6.07, 6.45) is 11.2. The minimum Gasteiger partial charge on any atom is -0.481 e. The van der Waals surface area contributed by atoms with Gasteiger partial charge in [0.1, 0.15) is 12.8 Å². The first kappa shape index (κ1) is 26.4. The number of benzene rings is 1. The van der Waals surface area contributed by atoms with Crippen LogP contribution >= 0.6 is 0 Å². The van der Waals surface area contributed by atoms with Crippen molar-refractivity contribution in [2.45, 2.75) is 94.8 Å². The highest BCUT2D eigenvalue weighted by molar-refractivity contribution is 6.00. The third kappa shape index (κ3) is 5.35. The molecule has 0 spiro atoms. The maximum absolute atomic E-state index is 14.1. The monoisotopic (exact) mass is 536 g/mol. The fraction of sp³-hybridized carbons (Fsp3) is 0.667. The van der Waals surface area contributed by atoms with Crippen LogP contribution in [-0.4, -0.2) is 69.7 Å². The van der Waals surface area contributed by atoms with E-state index in [1.807, 2.05) is 28.8 Å². The van der Waals surface area contributed by atoms with Gasteiger partial charge < -0.3 is 19.2 Å². The Morgan fingerprint density at radius 3 is 2.36 bits per heavy atom. The fourth-order valence-corrected chi connectivity index (χ4v) is 8.08. The van der Waals surface area contributed by atoms with Crippen LogP contribution in [0.5, 0.6) is 0 Å². The van der Waals surface area contributed by atoms with Gasteiger partial charge in [0.05, 0.1) is 30.7 Å². The molecule has 6 atom stereocenters. The van der Waals surface area contributed by atoms with Crippen LogP contribution in [0.4, 0.5) is 0 Å². The lowest BCUT2D eigenvalue weighted by Crippen LogP contribution is -2.62. The molecule has 3 heterocycles. The number of carboxylic acids is 1. The molecule has 210 valence electrons. The summed E-state index contributed by atoms with van der Waals surface area (Å²) in [7, 11) is 1.40. The van der Waals surface area contributed by atoms with Crippen LogP contribution in [0, 0.1) is 11.8 Å². The van der Waals surface area contributed by atoms with E-state index in [9.17, 15) is 14.7 Å². The van der Waals surface area contributed by atoms with Crippen LogP contribution in [0.1, 0.15) is 82.4 Å². The number of morpholine rings is 1. The second kappa shape index (κ2) is 11.4. The van der Waals surface area contributed by atoms with Gasteiger partial charge in [-0.3, -0.25) is 14.5 Å². The summed E-state index contributed by atoms with van der Waals surface area (Å²) < 4.78 is 8.00. The molecule has 0 unspecified atom stereocenters. The van der Waals surface area contributed by atoms with Gasteiger partial charge in [-0.05, 0) is 56.1 Å². The molecule has 1 N–H and O–H groups in total. The minimum atomic E-state index is -0.956. The number of oxime groups is 1. The molecular formula is C30H40N4O5. The van der Waals surface area contributed by atoms with E-state index in [4.69, 9.17) is 9.57 Å². The highest BCUT2D eigenvalue weighted by Crippen LogP contribution is 2.44. The smallest absolute Gasteiger partial charge is 0.303 e. The van der Waals surface area contributed by atoms with Gasteiger partial charge in [0.25, 0.3) is 5.56 Å². The molecular weight excluding hydrogens is 496 g/mol. The number of carbonyl (C=O) groups is 1. The maximum Gasteiger partial charge on any atom is 0.303 e. The third-order valence-electron chi connectivity index (χ3n) is 9.54. The van der Waals surface area contributed by atoms with Crippen LogP contribution < -0.4 is 5.56 Å². The normalized spacial score (nSPS) is 31.6. The first-order chi connectivity index (χ1) is 19.0. The summed E-state index contributed by atoms with van der Waals surface area (Å²) >= 11 is 0. The highest BCUT2D eigenvalue weighted by Gasteiger charge is 2.45. The summed E-state index contributed by atoms with van der Waals surface area (Å²) in [5.74, 6) is 0.756. The highest BCUT2D eigenvalue weighted by atomic mass is 16.6. The van der Waals surface area contributed by atoms with Crippen LogP contribution in [-0.2, 0) is 14.4 Å². The van der Waals surface area contributed by atoms with Crippen molar-refractivity contribution in [3.05, 3.63) is 40.3 Å². The number of ether oxygens (including phenoxy) is 1. The van der Waals surface area contributed by atoms with Crippen molar-refractivity contribution in [1.29, 1.82) is 0 Å². The summed E-state index contributed by atoms with van der Waals surface area (Å²) in [5.41, 5.74) is 1.73. The summed E-state index contributed by atoms with van der Waals surface area (Å²) in [5, 5.41) is 13.3. The second-order valence-electron chi connectivity index (χ2n) is 12.0. The Labute approximate surface area is 229 Å². The number of piperidine rings is 1. The molecule has 2 aromatic rings. The number of fused-ring (bicyclic) bond motifs is 5. The Morgan fingerprint density at radius 1 is 1.00 bits per heavy atom. The Balaban J connectivity index is 1.34. The van der Waals surface area contributed by atoms with Gasteiger partial charge in [-0.15, -0.1) is 0 Å². The molecule has 2 aliphatic carbocycles. The maximum atomic E-state index is 14.1. The number of nitrogens with zero attached hydrogens (tertiary/aromatic N) is 4. The minimum absolute atomic E-state index is 0.00781. The van der Waals surface area contributed by atoms with E-state index in [1.165, 1.54) is 52.1 Å². The van der Waals surface area contributed by atoms with Gasteiger partial charge in [0.2, 0.25) is 0 Å². The third-order valence-corrected chi connectivity index (χ3v) is 9.54. The predicted octanol–water partition coefficient (Wildman–Crippen LogP) is 4.38. The van der Waals surface area contributed by atoms with Crippen molar-refractivity contribution in [3.8, 4) is 0 Å². The molecule has 4 bridgehead atoms. The second-order valence-corrected chi connectivity index (χ2v) is 12.0. The first-order valence-corrected chi connectivity index (χ1v) is 14.7. The summed E-state index contributed by atoms with van der Waals surface area (Å²) in [6, 6.07) is 8.91. The molecule has 1 aromatic carbocycles. The molecule has 0 radical (unpaired) electrons. The lowest BCUT2D eigenvalue weighted by molar-refractivity contribution is -0.136. The standard InChI is InChI=1S/C30H40N4O5/c1-38-32-26(10-11-28(35)36)29-30(37)34(27-9-5-4-8-25(27)31-29)22-15-23-17-39-18-24(16-22)33(23)21-13-19-6-2-3-7-20(12-19)14-21/h4-5,8-9,19-24H,2-3,6-7,10-18H2,1H3,(H,35,36)/b32-26+/t19-,20+,21-,22-,23-,24+. The molecule has 0 amide bonds. The molecule has 4 fully saturated rings. The number of hydrogen-bond acceptors (Lipinski definition) is 7. The van der Waals surface area contributed by atoms with Crippen molar-refractivity contribution in [3.63, 3.8) is 0 Å². The van der Waals surface area contributed by atoms with Gasteiger partial charge >= 0.3 is 5.97 Å². The Bertz CT molecular complexity index is 1260. The van der Waals surface area contributed by atoms with E-state index in [0.717, 1.165) is 30.2 Å². The predicted molar refractivity (Wildman–Crippen MR) is 148 cm³/mol. The van der Waals surface area contributed by atoms with E-state index in [2.05, 4.69) is 15.0 Å². The lowest BCUT2D eigenvalue weighted by Gasteiger charge is -2.54. The van der Waals surface area contributed by atoms with E-state index < -0.39 is 5.97 Å². The molecule has 2 aliphatic heterocycles. The zero-order valence-electron chi connectivity index (χ0n) is 22.8. The van der Waals surface area contributed by atoms with E-state index in [1.54, 1.807) is 0 Å². The SMILES string of the molecule is CO/N=C(\CCC(=O)O)c1nc2ccccc2n([C@H]2C[C@H]3COC[C@@H](C2)N3[C@@H]2C[C@@H]3CCCC[C@@H](C3)C2)c1=O. The number of carboxylic acid groups (broad SMARTS) is 1. The number of aromatic nitrogens is 2. The topological polar surface area (TPSA) is 106 Å². The summed E-state index contributed by atoms with van der Waals surface area (Å²) in [6.45, 7) is 1.41. The van der Waals surface area contributed by atoms with Crippen molar-refractivity contribution in [1.82, 2.24) is 14.5 Å². The van der Waals surface area contributed by atoms with E-state index in [0.29, 0.717) is 24.8 Å². The zero-order valence-corrected chi connectivity index (χ0v) is 22.8. The van der Waals surface area contributed by atoms with Crippen molar-refractivity contribution in [2.75, 3.05) is 20.3 Å². The molecule has 2 saturated carbocycles. The molecule has 9 heteroatoms. The fourth-order valence-electron chi connectivity index (χ4n) is 8.08. The Hall–Kier alpha value is -2.78. The van der Waals surface area contributed by atoms with Gasteiger partial charge in [0.15, 0.2) is 5.69 Å². The quantitative estimate of drug-likeness (QED) is 0.414. The Kier molecular flexibility index (Phi) is 7.71. The van der Waals surface area contributed by atoms with Crippen LogP contribution in [0.2, 0.25) is 0 Å². The average molecular weight is 537 g/mol. The number of hydrogen-bond donors (Lipinski definition) is 1. The van der Waals surface area contributed by atoms with E-state index >= 15 is 0 Å². The van der Waals surface area contributed by atoms with Crippen LogP contribution in [0.15, 0.2) is 34.2 Å². The number of para-hydroxylation sites is 2. The zero-order chi connectivity index (χ0) is 26.9. The molecule has 39 heavy (non-hydrogen) atoms. The summed E-state index contributed by atoms with van der Waals surface area (Å²) in [4.78, 5) is 37.8. The first-order valence-electron chi connectivity index (χ1n) is 14.7.